The molecule has 2 rings (SSSR count). The number of anilines is 2. The van der Waals surface area contributed by atoms with Crippen molar-refractivity contribution < 1.29 is 13.2 Å². The highest BCUT2D eigenvalue weighted by molar-refractivity contribution is 9.10. The summed E-state index contributed by atoms with van der Waals surface area (Å²) in [5.74, 6) is -3.22. The van der Waals surface area contributed by atoms with E-state index in [0.29, 0.717) is 16.2 Å². The standard InChI is InChI=1S/C11H6BrF3N2/c12-7-5-16-2-1-9(7)17-10-4-6(13)3-8(14)11(10)15/h1-5H,(H,16,17). The second kappa shape index (κ2) is 4.75. The van der Waals surface area contributed by atoms with Crippen molar-refractivity contribution in [1.82, 2.24) is 4.98 Å². The van der Waals surface area contributed by atoms with Gasteiger partial charge in [0, 0.05) is 24.5 Å². The van der Waals surface area contributed by atoms with Gasteiger partial charge in [0.05, 0.1) is 15.8 Å². The summed E-state index contributed by atoms with van der Waals surface area (Å²) in [5.41, 5.74) is 0.193. The molecule has 88 valence electrons. The number of halogens is 4. The maximum Gasteiger partial charge on any atom is 0.182 e. The van der Waals surface area contributed by atoms with Crippen LogP contribution in [0.5, 0.6) is 0 Å². The van der Waals surface area contributed by atoms with Gasteiger partial charge in [-0.1, -0.05) is 0 Å². The Kier molecular flexibility index (Phi) is 3.33. The molecule has 0 fully saturated rings. The molecule has 0 atom stereocenters. The molecule has 0 saturated carbocycles. The van der Waals surface area contributed by atoms with Crippen LogP contribution in [0.25, 0.3) is 0 Å². The number of hydrogen-bond acceptors (Lipinski definition) is 2. The molecule has 0 amide bonds. The van der Waals surface area contributed by atoms with Crippen molar-refractivity contribution in [2.24, 2.45) is 0 Å². The zero-order chi connectivity index (χ0) is 12.4. The lowest BCUT2D eigenvalue weighted by Gasteiger charge is -2.09. The van der Waals surface area contributed by atoms with Gasteiger partial charge in [0.2, 0.25) is 0 Å². The average Bonchev–Trinajstić information content (AvgIpc) is 2.28. The van der Waals surface area contributed by atoms with Gasteiger partial charge in [-0.25, -0.2) is 13.2 Å². The van der Waals surface area contributed by atoms with Crippen LogP contribution in [0, 0.1) is 17.5 Å². The molecule has 0 aliphatic heterocycles. The lowest BCUT2D eigenvalue weighted by molar-refractivity contribution is 0.498. The minimum atomic E-state index is -1.24. The Morgan fingerprint density at radius 2 is 1.88 bits per heavy atom. The van der Waals surface area contributed by atoms with E-state index in [9.17, 15) is 13.2 Å². The van der Waals surface area contributed by atoms with E-state index in [4.69, 9.17) is 0 Å². The molecule has 0 spiro atoms. The number of pyridine rings is 1. The van der Waals surface area contributed by atoms with Gasteiger partial charge >= 0.3 is 0 Å². The fourth-order valence-corrected chi connectivity index (χ4v) is 1.62. The van der Waals surface area contributed by atoms with Gasteiger partial charge in [0.25, 0.3) is 0 Å². The highest BCUT2D eigenvalue weighted by Gasteiger charge is 2.12. The van der Waals surface area contributed by atoms with Crippen molar-refractivity contribution in [2.75, 3.05) is 5.32 Å². The van der Waals surface area contributed by atoms with E-state index in [1.54, 1.807) is 6.07 Å². The van der Waals surface area contributed by atoms with E-state index in [2.05, 4.69) is 26.2 Å². The summed E-state index contributed by atoms with van der Waals surface area (Å²) in [6, 6.07) is 2.92. The lowest BCUT2D eigenvalue weighted by Crippen LogP contribution is -1.98. The molecule has 2 aromatic rings. The van der Waals surface area contributed by atoms with E-state index in [0.717, 1.165) is 6.07 Å². The molecular weight excluding hydrogens is 297 g/mol. The molecule has 0 unspecified atom stereocenters. The van der Waals surface area contributed by atoms with Gasteiger partial charge in [-0.15, -0.1) is 0 Å². The zero-order valence-electron chi connectivity index (χ0n) is 8.35. The quantitative estimate of drug-likeness (QED) is 0.848. The van der Waals surface area contributed by atoms with Crippen LogP contribution in [0.15, 0.2) is 35.1 Å². The number of aromatic nitrogens is 1. The van der Waals surface area contributed by atoms with E-state index >= 15 is 0 Å². The maximum absolute atomic E-state index is 13.4. The molecule has 0 saturated heterocycles. The highest BCUT2D eigenvalue weighted by Crippen LogP contribution is 2.27. The molecule has 1 N–H and O–H groups in total. The summed E-state index contributed by atoms with van der Waals surface area (Å²) in [5, 5.41) is 2.58. The van der Waals surface area contributed by atoms with Gasteiger partial charge in [0.1, 0.15) is 5.82 Å². The number of nitrogens with one attached hydrogen (secondary N) is 1. The Bertz CT molecular complexity index is 560. The Balaban J connectivity index is 2.40. The van der Waals surface area contributed by atoms with Crippen molar-refractivity contribution in [3.05, 3.63) is 52.5 Å². The zero-order valence-corrected chi connectivity index (χ0v) is 9.93. The average molecular weight is 303 g/mol. The van der Waals surface area contributed by atoms with E-state index in [-0.39, 0.29) is 5.69 Å². The molecule has 0 aliphatic carbocycles. The second-order valence-corrected chi connectivity index (χ2v) is 4.08. The largest absolute Gasteiger partial charge is 0.352 e. The van der Waals surface area contributed by atoms with E-state index in [1.165, 1.54) is 12.4 Å². The third-order valence-electron chi connectivity index (χ3n) is 2.03. The molecular formula is C11H6BrF3N2. The smallest absolute Gasteiger partial charge is 0.182 e. The first kappa shape index (κ1) is 11.9. The highest BCUT2D eigenvalue weighted by atomic mass is 79.9. The van der Waals surface area contributed by atoms with Crippen molar-refractivity contribution in [2.45, 2.75) is 0 Å². The normalized spacial score (nSPS) is 10.4. The van der Waals surface area contributed by atoms with Gasteiger partial charge in [-0.2, -0.15) is 0 Å². The van der Waals surface area contributed by atoms with Crippen LogP contribution in [0.3, 0.4) is 0 Å². The number of hydrogen-bond donors (Lipinski definition) is 1. The van der Waals surface area contributed by atoms with Gasteiger partial charge in [-0.3, -0.25) is 4.98 Å². The third kappa shape index (κ3) is 2.58. The number of nitrogens with zero attached hydrogens (tertiary/aromatic N) is 1. The fourth-order valence-electron chi connectivity index (χ4n) is 1.27. The first-order valence-corrected chi connectivity index (χ1v) is 5.38. The Morgan fingerprint density at radius 3 is 2.59 bits per heavy atom. The fraction of sp³-hybridized carbons (Fsp3) is 0. The van der Waals surface area contributed by atoms with Gasteiger partial charge in [-0.05, 0) is 22.0 Å². The first-order chi connectivity index (χ1) is 8.08. The molecule has 1 aromatic carbocycles. The molecule has 0 bridgehead atoms. The molecule has 6 heteroatoms. The first-order valence-electron chi connectivity index (χ1n) is 4.59. The summed E-state index contributed by atoms with van der Waals surface area (Å²) in [4.78, 5) is 3.82. The maximum atomic E-state index is 13.4. The minimum Gasteiger partial charge on any atom is -0.352 e. The molecule has 1 heterocycles. The van der Waals surface area contributed by atoms with Crippen LogP contribution in [-0.4, -0.2) is 4.98 Å². The predicted molar refractivity (Wildman–Crippen MR) is 61.5 cm³/mol. The third-order valence-corrected chi connectivity index (χ3v) is 2.67. The van der Waals surface area contributed by atoms with E-state index < -0.39 is 17.5 Å². The van der Waals surface area contributed by atoms with Crippen molar-refractivity contribution in [3.63, 3.8) is 0 Å². The van der Waals surface area contributed by atoms with Crippen molar-refractivity contribution in [3.8, 4) is 0 Å². The summed E-state index contributed by atoms with van der Waals surface area (Å²) in [7, 11) is 0. The van der Waals surface area contributed by atoms with Crippen LogP contribution in [0.2, 0.25) is 0 Å². The molecule has 2 nitrogen and oxygen atoms in total. The van der Waals surface area contributed by atoms with Crippen LogP contribution in [0.1, 0.15) is 0 Å². The minimum absolute atomic E-state index is 0.269. The molecule has 1 aromatic heterocycles. The lowest BCUT2D eigenvalue weighted by atomic mass is 10.2. The van der Waals surface area contributed by atoms with Crippen LogP contribution in [0.4, 0.5) is 24.5 Å². The van der Waals surface area contributed by atoms with Gasteiger partial charge < -0.3 is 5.32 Å². The summed E-state index contributed by atoms with van der Waals surface area (Å²) < 4.78 is 39.8. The Morgan fingerprint density at radius 1 is 1.12 bits per heavy atom. The second-order valence-electron chi connectivity index (χ2n) is 3.23. The SMILES string of the molecule is Fc1cc(F)c(F)c(Nc2ccncc2Br)c1. The Labute approximate surface area is 104 Å². The topological polar surface area (TPSA) is 24.9 Å². The molecule has 0 aliphatic rings. The predicted octanol–water partition coefficient (Wildman–Crippen LogP) is 4.01. The van der Waals surface area contributed by atoms with Crippen molar-refractivity contribution >= 4 is 27.3 Å². The van der Waals surface area contributed by atoms with Gasteiger partial charge in [0.15, 0.2) is 11.6 Å². The number of benzene rings is 1. The van der Waals surface area contributed by atoms with Crippen LogP contribution < -0.4 is 5.32 Å². The molecule has 0 radical (unpaired) electrons. The molecule has 17 heavy (non-hydrogen) atoms. The van der Waals surface area contributed by atoms with E-state index in [1.807, 2.05) is 0 Å². The summed E-state index contributed by atoms with van der Waals surface area (Å²) in [6.07, 6.45) is 2.95. The van der Waals surface area contributed by atoms with Crippen LogP contribution in [-0.2, 0) is 0 Å². The monoisotopic (exact) mass is 302 g/mol. The number of rotatable bonds is 2. The van der Waals surface area contributed by atoms with Crippen molar-refractivity contribution in [1.29, 1.82) is 0 Å². The summed E-state index contributed by atoms with van der Waals surface area (Å²) >= 11 is 3.18. The Hall–Kier alpha value is -1.56. The summed E-state index contributed by atoms with van der Waals surface area (Å²) in [6.45, 7) is 0. The van der Waals surface area contributed by atoms with Crippen LogP contribution >= 0.6 is 15.9 Å².